The lowest BCUT2D eigenvalue weighted by Gasteiger charge is -2.20. The summed E-state index contributed by atoms with van der Waals surface area (Å²) in [5, 5.41) is 22.8. The maximum Gasteiger partial charge on any atom is 0.269 e. The molecule has 1 saturated heterocycles. The Bertz CT molecular complexity index is 1100. The zero-order valence-corrected chi connectivity index (χ0v) is 15.3. The fraction of sp³-hybridized carbons (Fsp3) is 0.174. The zero-order chi connectivity index (χ0) is 19.5. The molecular weight excluding hydrogens is 350 g/mol. The van der Waals surface area contributed by atoms with Gasteiger partial charge in [0.25, 0.3) is 5.69 Å². The molecule has 0 aliphatic carbocycles. The van der Waals surface area contributed by atoms with Crippen LogP contribution in [-0.4, -0.2) is 18.0 Å². The first-order valence-corrected chi connectivity index (χ1v) is 9.31. The first-order valence-electron chi connectivity index (χ1n) is 9.31. The van der Waals surface area contributed by atoms with Crippen molar-refractivity contribution in [2.75, 3.05) is 18.0 Å². The van der Waals surface area contributed by atoms with E-state index in [1.165, 1.54) is 36.0 Å². The molecule has 0 saturated carbocycles. The van der Waals surface area contributed by atoms with Gasteiger partial charge < -0.3 is 4.90 Å². The van der Waals surface area contributed by atoms with E-state index in [1.807, 2.05) is 18.2 Å². The maximum absolute atomic E-state index is 10.9. The van der Waals surface area contributed by atoms with Crippen molar-refractivity contribution in [1.29, 1.82) is 5.26 Å². The number of nitro groups is 1. The third kappa shape index (κ3) is 3.33. The van der Waals surface area contributed by atoms with Crippen molar-refractivity contribution in [2.24, 2.45) is 0 Å². The Balaban J connectivity index is 1.78. The summed E-state index contributed by atoms with van der Waals surface area (Å²) in [4.78, 5) is 12.8. The lowest BCUT2D eigenvalue weighted by molar-refractivity contribution is -0.384. The minimum atomic E-state index is -0.440. The first-order chi connectivity index (χ1) is 13.7. The number of allylic oxidation sites excluding steroid dienone is 1. The number of non-ortho nitro benzene ring substituents is 1. The van der Waals surface area contributed by atoms with Crippen molar-refractivity contribution in [2.45, 2.75) is 12.8 Å². The van der Waals surface area contributed by atoms with Gasteiger partial charge in [-0.15, -0.1) is 0 Å². The number of hydrogen-bond donors (Lipinski definition) is 0. The van der Waals surface area contributed by atoms with Crippen LogP contribution in [-0.2, 0) is 0 Å². The summed E-state index contributed by atoms with van der Waals surface area (Å²) in [6.07, 6.45) is 4.29. The summed E-state index contributed by atoms with van der Waals surface area (Å²) in [5.41, 5.74) is 3.36. The van der Waals surface area contributed by atoms with Crippen LogP contribution in [0.3, 0.4) is 0 Å². The monoisotopic (exact) mass is 369 g/mol. The van der Waals surface area contributed by atoms with E-state index in [4.69, 9.17) is 0 Å². The van der Waals surface area contributed by atoms with E-state index in [9.17, 15) is 15.4 Å². The van der Waals surface area contributed by atoms with E-state index in [2.05, 4.69) is 35.2 Å². The quantitative estimate of drug-likeness (QED) is 0.267. The summed E-state index contributed by atoms with van der Waals surface area (Å²) in [5.74, 6) is 0. The highest BCUT2D eigenvalue weighted by Gasteiger charge is 2.16. The molecule has 0 amide bonds. The molecule has 138 valence electrons. The van der Waals surface area contributed by atoms with Crippen molar-refractivity contribution >= 4 is 33.8 Å². The topological polar surface area (TPSA) is 70.2 Å². The van der Waals surface area contributed by atoms with Crippen LogP contribution in [0.2, 0.25) is 0 Å². The van der Waals surface area contributed by atoms with Gasteiger partial charge in [-0.05, 0) is 53.6 Å². The second-order valence-electron chi connectivity index (χ2n) is 6.89. The Kier molecular flexibility index (Phi) is 4.77. The van der Waals surface area contributed by atoms with E-state index in [1.54, 1.807) is 12.1 Å². The minimum absolute atomic E-state index is 0.0152. The Morgan fingerprint density at radius 3 is 2.32 bits per heavy atom. The van der Waals surface area contributed by atoms with Crippen LogP contribution < -0.4 is 4.90 Å². The van der Waals surface area contributed by atoms with Gasteiger partial charge in [0, 0.05) is 36.3 Å². The molecule has 0 N–H and O–H groups in total. The van der Waals surface area contributed by atoms with E-state index in [0.717, 1.165) is 24.0 Å². The number of fused-ring (bicyclic) bond motifs is 1. The lowest BCUT2D eigenvalue weighted by atomic mass is 9.98. The van der Waals surface area contributed by atoms with Crippen LogP contribution >= 0.6 is 0 Å². The third-order valence-corrected chi connectivity index (χ3v) is 5.19. The summed E-state index contributed by atoms with van der Waals surface area (Å²) in [7, 11) is 0. The molecule has 0 unspecified atom stereocenters. The molecule has 1 aliphatic heterocycles. The average molecular weight is 369 g/mol. The number of anilines is 1. The maximum atomic E-state index is 10.9. The molecule has 0 spiro atoms. The van der Waals surface area contributed by atoms with Crippen LogP contribution in [0, 0.1) is 21.4 Å². The summed E-state index contributed by atoms with van der Waals surface area (Å²) >= 11 is 0. The van der Waals surface area contributed by atoms with Gasteiger partial charge in [0.15, 0.2) is 0 Å². The molecule has 28 heavy (non-hydrogen) atoms. The predicted octanol–water partition coefficient (Wildman–Crippen LogP) is 5.41. The molecule has 0 aromatic heterocycles. The van der Waals surface area contributed by atoms with E-state index in [-0.39, 0.29) is 5.69 Å². The third-order valence-electron chi connectivity index (χ3n) is 5.19. The van der Waals surface area contributed by atoms with E-state index in [0.29, 0.717) is 11.1 Å². The molecule has 1 heterocycles. The minimum Gasteiger partial charge on any atom is -0.371 e. The van der Waals surface area contributed by atoms with Crippen molar-refractivity contribution in [3.63, 3.8) is 0 Å². The number of hydrogen-bond acceptors (Lipinski definition) is 4. The molecule has 4 rings (SSSR count). The second kappa shape index (κ2) is 7.53. The Morgan fingerprint density at radius 1 is 1.00 bits per heavy atom. The van der Waals surface area contributed by atoms with Crippen LogP contribution in [0.4, 0.5) is 11.4 Å². The number of benzene rings is 3. The van der Waals surface area contributed by atoms with Crippen molar-refractivity contribution in [1.82, 2.24) is 0 Å². The van der Waals surface area contributed by atoms with Crippen molar-refractivity contribution < 1.29 is 4.92 Å². The number of nitrogens with zero attached hydrogens (tertiary/aromatic N) is 3. The fourth-order valence-electron chi connectivity index (χ4n) is 3.76. The van der Waals surface area contributed by atoms with Gasteiger partial charge in [0.1, 0.15) is 0 Å². The van der Waals surface area contributed by atoms with Gasteiger partial charge in [-0.2, -0.15) is 5.26 Å². The number of nitriles is 1. The van der Waals surface area contributed by atoms with E-state index >= 15 is 0 Å². The molecule has 5 heteroatoms. The fourth-order valence-corrected chi connectivity index (χ4v) is 3.76. The molecule has 1 aliphatic rings. The second-order valence-corrected chi connectivity index (χ2v) is 6.89. The normalized spacial score (nSPS) is 14.2. The lowest BCUT2D eigenvalue weighted by Crippen LogP contribution is -2.17. The van der Waals surface area contributed by atoms with Gasteiger partial charge in [-0.1, -0.05) is 30.3 Å². The predicted molar refractivity (Wildman–Crippen MR) is 112 cm³/mol. The smallest absolute Gasteiger partial charge is 0.269 e. The first kappa shape index (κ1) is 17.7. The standard InChI is InChI=1S/C23H19N3O2/c24-16-19(17-7-10-20(11-8-17)26(27)28)15-18-9-12-23(25-13-3-4-14-25)22-6-2-1-5-21(18)22/h1-2,5-12,15H,3-4,13-14H2/b19-15-. The molecule has 5 nitrogen and oxygen atoms in total. The summed E-state index contributed by atoms with van der Waals surface area (Å²) in [6.45, 7) is 2.15. The average Bonchev–Trinajstić information content (AvgIpc) is 3.26. The molecule has 0 bridgehead atoms. The highest BCUT2D eigenvalue weighted by Crippen LogP contribution is 2.33. The van der Waals surface area contributed by atoms with Crippen LogP contribution in [0.5, 0.6) is 0 Å². The van der Waals surface area contributed by atoms with Crippen molar-refractivity contribution in [3.05, 3.63) is 81.9 Å². The van der Waals surface area contributed by atoms with Gasteiger partial charge >= 0.3 is 0 Å². The number of rotatable bonds is 4. The molecule has 0 radical (unpaired) electrons. The SMILES string of the molecule is N#C/C(=C/c1ccc(N2CCCC2)c2ccccc12)c1ccc([N+](=O)[O-])cc1. The van der Waals surface area contributed by atoms with Gasteiger partial charge in [-0.25, -0.2) is 0 Å². The summed E-state index contributed by atoms with van der Waals surface area (Å²) < 4.78 is 0. The zero-order valence-electron chi connectivity index (χ0n) is 15.3. The molecule has 3 aromatic rings. The Labute approximate surface area is 163 Å². The number of nitro benzene ring substituents is 1. The summed E-state index contributed by atoms with van der Waals surface area (Å²) in [6, 6.07) is 20.7. The highest BCUT2D eigenvalue weighted by molar-refractivity contribution is 6.03. The van der Waals surface area contributed by atoms with Crippen LogP contribution in [0.15, 0.2) is 60.7 Å². The molecule has 3 aromatic carbocycles. The van der Waals surface area contributed by atoms with Crippen LogP contribution in [0.25, 0.3) is 22.4 Å². The Morgan fingerprint density at radius 2 is 1.68 bits per heavy atom. The Hall–Kier alpha value is -3.65. The largest absolute Gasteiger partial charge is 0.371 e. The molecular formula is C23H19N3O2. The molecule has 1 fully saturated rings. The van der Waals surface area contributed by atoms with Gasteiger partial charge in [0.05, 0.1) is 16.6 Å². The van der Waals surface area contributed by atoms with Crippen LogP contribution in [0.1, 0.15) is 24.0 Å². The van der Waals surface area contributed by atoms with Gasteiger partial charge in [0.2, 0.25) is 0 Å². The molecule has 0 atom stereocenters. The highest BCUT2D eigenvalue weighted by atomic mass is 16.6. The van der Waals surface area contributed by atoms with E-state index < -0.39 is 4.92 Å². The van der Waals surface area contributed by atoms with Gasteiger partial charge in [-0.3, -0.25) is 10.1 Å². The van der Waals surface area contributed by atoms with Crippen molar-refractivity contribution in [3.8, 4) is 6.07 Å².